The van der Waals surface area contributed by atoms with Gasteiger partial charge in [-0.1, -0.05) is 0 Å². The molecule has 0 heterocycles. The lowest BCUT2D eigenvalue weighted by atomic mass is 10.0. The Labute approximate surface area is 108 Å². The van der Waals surface area contributed by atoms with Crippen LogP contribution in [-0.2, 0) is 6.18 Å². The molecule has 0 saturated heterocycles. The number of benzene rings is 1. The molecule has 0 amide bonds. The fraction of sp³-hybridized carbons (Fsp3) is 0.300. The molecule has 5 nitrogen and oxygen atoms in total. The van der Waals surface area contributed by atoms with Crippen molar-refractivity contribution in [1.29, 1.82) is 0 Å². The number of rotatable bonds is 4. The van der Waals surface area contributed by atoms with Gasteiger partial charge in [0.1, 0.15) is 11.3 Å². The highest BCUT2D eigenvalue weighted by molar-refractivity contribution is 5.97. The Morgan fingerprint density at radius 3 is 2.25 bits per heavy atom. The Morgan fingerprint density at radius 1 is 1.35 bits per heavy atom. The highest BCUT2D eigenvalue weighted by Gasteiger charge is 2.40. The van der Waals surface area contributed by atoms with Crippen LogP contribution in [0.2, 0.25) is 0 Å². The van der Waals surface area contributed by atoms with E-state index in [1.807, 2.05) is 0 Å². The molecule has 0 aromatic heterocycles. The minimum Gasteiger partial charge on any atom is -0.434 e. The summed E-state index contributed by atoms with van der Waals surface area (Å²) in [5.41, 5.74) is -3.84. The van der Waals surface area contributed by atoms with Gasteiger partial charge in [-0.2, -0.15) is 22.0 Å². The number of alkyl halides is 5. The Morgan fingerprint density at radius 2 is 1.90 bits per heavy atom. The molecule has 0 radical (unpaired) electrons. The van der Waals surface area contributed by atoms with Crippen LogP contribution in [0.5, 0.6) is 5.75 Å². The molecular weight excluding hydrogens is 293 g/mol. The molecule has 1 aromatic rings. The van der Waals surface area contributed by atoms with E-state index in [4.69, 9.17) is 0 Å². The van der Waals surface area contributed by atoms with Gasteiger partial charge in [0.25, 0.3) is 5.69 Å². The molecule has 1 rings (SSSR count). The number of carbonyl (C=O) groups is 1. The first kappa shape index (κ1) is 15.8. The van der Waals surface area contributed by atoms with Gasteiger partial charge in [-0.3, -0.25) is 14.9 Å². The zero-order valence-corrected chi connectivity index (χ0v) is 9.70. The zero-order valence-electron chi connectivity index (χ0n) is 9.70. The Bertz CT molecular complexity index is 555. The first-order valence-corrected chi connectivity index (χ1v) is 4.89. The van der Waals surface area contributed by atoms with Crippen molar-refractivity contribution < 1.29 is 36.4 Å². The van der Waals surface area contributed by atoms with E-state index in [-0.39, 0.29) is 6.07 Å². The van der Waals surface area contributed by atoms with Crippen molar-refractivity contribution in [2.24, 2.45) is 0 Å². The van der Waals surface area contributed by atoms with Crippen LogP contribution < -0.4 is 4.74 Å². The van der Waals surface area contributed by atoms with Crippen molar-refractivity contribution in [3.63, 3.8) is 0 Å². The Hall–Kier alpha value is -2.26. The standard InChI is InChI=1S/C10H6F5NO4/c1-4(17)6-2-5(16(18)19)3-7(20-9(11)12)8(6)10(13,14)15/h2-3,9H,1H3. The van der Waals surface area contributed by atoms with Crippen molar-refractivity contribution >= 4 is 11.5 Å². The Balaban J connectivity index is 3.67. The average Bonchev–Trinajstić information content (AvgIpc) is 2.25. The maximum Gasteiger partial charge on any atom is 0.420 e. The lowest BCUT2D eigenvalue weighted by Gasteiger charge is -2.16. The van der Waals surface area contributed by atoms with E-state index in [0.717, 1.165) is 6.92 Å². The summed E-state index contributed by atoms with van der Waals surface area (Å²) in [6, 6.07) is 0.560. The molecule has 1 aromatic carbocycles. The van der Waals surface area contributed by atoms with Gasteiger partial charge in [-0.15, -0.1) is 0 Å². The summed E-state index contributed by atoms with van der Waals surface area (Å²) in [6.45, 7) is -2.90. The highest BCUT2D eigenvalue weighted by atomic mass is 19.4. The van der Waals surface area contributed by atoms with E-state index in [2.05, 4.69) is 4.74 Å². The van der Waals surface area contributed by atoms with Crippen LogP contribution in [0.4, 0.5) is 27.6 Å². The molecule has 0 bridgehead atoms. The van der Waals surface area contributed by atoms with Gasteiger partial charge in [0, 0.05) is 11.6 Å². The summed E-state index contributed by atoms with van der Waals surface area (Å²) in [5.74, 6) is -2.63. The third-order valence-electron chi connectivity index (χ3n) is 2.18. The molecule has 20 heavy (non-hydrogen) atoms. The van der Waals surface area contributed by atoms with Gasteiger partial charge in [-0.25, -0.2) is 0 Å². The van der Waals surface area contributed by atoms with Crippen LogP contribution in [0.15, 0.2) is 12.1 Å². The van der Waals surface area contributed by atoms with E-state index >= 15 is 0 Å². The first-order chi connectivity index (χ1) is 9.04. The third-order valence-corrected chi connectivity index (χ3v) is 2.18. The van der Waals surface area contributed by atoms with Crippen LogP contribution in [0.1, 0.15) is 22.8 Å². The number of hydrogen-bond donors (Lipinski definition) is 0. The van der Waals surface area contributed by atoms with Gasteiger partial charge in [0.2, 0.25) is 0 Å². The van der Waals surface area contributed by atoms with Crippen molar-refractivity contribution in [3.05, 3.63) is 33.4 Å². The van der Waals surface area contributed by atoms with Gasteiger partial charge < -0.3 is 4.74 Å². The predicted octanol–water partition coefficient (Wildman–Crippen LogP) is 3.42. The monoisotopic (exact) mass is 299 g/mol. The van der Waals surface area contributed by atoms with E-state index in [1.54, 1.807) is 0 Å². The van der Waals surface area contributed by atoms with Crippen LogP contribution >= 0.6 is 0 Å². The number of hydrogen-bond acceptors (Lipinski definition) is 4. The van der Waals surface area contributed by atoms with E-state index < -0.39 is 46.1 Å². The maximum atomic E-state index is 12.8. The first-order valence-electron chi connectivity index (χ1n) is 4.89. The number of Topliss-reactive ketones (excluding diaryl/α,β-unsaturated/α-hetero) is 1. The van der Waals surface area contributed by atoms with Crippen LogP contribution in [0, 0.1) is 10.1 Å². The smallest absolute Gasteiger partial charge is 0.420 e. The van der Waals surface area contributed by atoms with E-state index in [0.29, 0.717) is 6.07 Å². The fourth-order valence-electron chi connectivity index (χ4n) is 1.47. The van der Waals surface area contributed by atoms with Gasteiger partial charge in [0.15, 0.2) is 5.78 Å². The summed E-state index contributed by atoms with van der Waals surface area (Å²) in [5, 5.41) is 10.5. The van der Waals surface area contributed by atoms with E-state index in [9.17, 15) is 36.9 Å². The molecule has 0 aliphatic heterocycles. The quantitative estimate of drug-likeness (QED) is 0.370. The molecular formula is C10H6F5NO4. The SMILES string of the molecule is CC(=O)c1cc([N+](=O)[O-])cc(OC(F)F)c1C(F)(F)F. The van der Waals surface area contributed by atoms with Crippen molar-refractivity contribution in [3.8, 4) is 5.75 Å². The lowest BCUT2D eigenvalue weighted by Crippen LogP contribution is -2.16. The molecule has 0 fully saturated rings. The van der Waals surface area contributed by atoms with Crippen molar-refractivity contribution in [1.82, 2.24) is 0 Å². The second kappa shape index (κ2) is 5.39. The minimum absolute atomic E-state index is 0.196. The number of nitro benzene ring substituents is 1. The summed E-state index contributed by atoms with van der Waals surface area (Å²) in [7, 11) is 0. The molecule has 10 heteroatoms. The number of nitrogens with zero attached hydrogens (tertiary/aromatic N) is 1. The predicted molar refractivity (Wildman–Crippen MR) is 54.7 cm³/mol. The molecule has 0 saturated carbocycles. The largest absolute Gasteiger partial charge is 0.434 e. The molecule has 0 N–H and O–H groups in total. The highest BCUT2D eigenvalue weighted by Crippen LogP contribution is 2.41. The van der Waals surface area contributed by atoms with Crippen LogP contribution in [-0.4, -0.2) is 17.3 Å². The second-order valence-electron chi connectivity index (χ2n) is 3.56. The summed E-state index contributed by atoms with van der Waals surface area (Å²) in [4.78, 5) is 20.6. The van der Waals surface area contributed by atoms with Gasteiger partial charge in [-0.05, 0) is 6.92 Å². The number of ether oxygens (including phenoxy) is 1. The van der Waals surface area contributed by atoms with E-state index in [1.165, 1.54) is 0 Å². The number of carbonyl (C=O) groups excluding carboxylic acids is 1. The zero-order chi connectivity index (χ0) is 15.7. The third kappa shape index (κ3) is 3.39. The topological polar surface area (TPSA) is 69.4 Å². The lowest BCUT2D eigenvalue weighted by molar-refractivity contribution is -0.385. The average molecular weight is 299 g/mol. The van der Waals surface area contributed by atoms with Crippen molar-refractivity contribution in [2.75, 3.05) is 0 Å². The maximum absolute atomic E-state index is 12.8. The number of ketones is 1. The van der Waals surface area contributed by atoms with Crippen LogP contribution in [0.25, 0.3) is 0 Å². The summed E-state index contributed by atoms with van der Waals surface area (Å²) in [6.07, 6.45) is -5.18. The normalized spacial score (nSPS) is 11.6. The van der Waals surface area contributed by atoms with Gasteiger partial charge >= 0.3 is 12.8 Å². The second-order valence-corrected chi connectivity index (χ2v) is 3.56. The molecule has 0 atom stereocenters. The number of non-ortho nitro benzene ring substituents is 1. The number of halogens is 5. The number of nitro groups is 1. The molecule has 0 aliphatic carbocycles. The molecule has 0 aliphatic rings. The van der Waals surface area contributed by atoms with Crippen LogP contribution in [0.3, 0.4) is 0 Å². The fourth-order valence-corrected chi connectivity index (χ4v) is 1.47. The molecule has 110 valence electrons. The molecule has 0 unspecified atom stereocenters. The summed E-state index contributed by atoms with van der Waals surface area (Å²) < 4.78 is 66.3. The summed E-state index contributed by atoms with van der Waals surface area (Å²) >= 11 is 0. The molecule has 0 spiro atoms. The van der Waals surface area contributed by atoms with Crippen molar-refractivity contribution in [2.45, 2.75) is 19.7 Å². The minimum atomic E-state index is -5.18. The van der Waals surface area contributed by atoms with Gasteiger partial charge in [0.05, 0.1) is 11.0 Å². The Kier molecular flexibility index (Phi) is 4.26.